The van der Waals surface area contributed by atoms with Crippen LogP contribution in [-0.2, 0) is 9.53 Å². The highest BCUT2D eigenvalue weighted by Gasteiger charge is 2.33. The van der Waals surface area contributed by atoms with Crippen molar-refractivity contribution in [2.45, 2.75) is 13.0 Å². The second kappa shape index (κ2) is 8.70. The molecule has 152 valence electrons. The molecule has 2 heterocycles. The number of hydrogen-bond acceptors (Lipinski definition) is 6. The Labute approximate surface area is 168 Å². The Morgan fingerprint density at radius 2 is 2.07 bits per heavy atom. The first-order valence-corrected chi connectivity index (χ1v) is 9.54. The lowest BCUT2D eigenvalue weighted by atomic mass is 10.2. The van der Waals surface area contributed by atoms with Crippen molar-refractivity contribution in [2.24, 2.45) is 5.73 Å². The third-order valence-corrected chi connectivity index (χ3v) is 5.27. The summed E-state index contributed by atoms with van der Waals surface area (Å²) in [5, 5.41) is 2.61. The van der Waals surface area contributed by atoms with Crippen LogP contribution >= 0.6 is 12.2 Å². The van der Waals surface area contributed by atoms with E-state index in [0.29, 0.717) is 44.1 Å². The van der Waals surface area contributed by atoms with E-state index in [9.17, 15) is 14.0 Å². The summed E-state index contributed by atoms with van der Waals surface area (Å²) in [5.74, 6) is -0.595. The van der Waals surface area contributed by atoms with Gasteiger partial charge in [-0.2, -0.15) is 0 Å². The lowest BCUT2D eigenvalue weighted by Crippen LogP contribution is -2.50. The smallest absolute Gasteiger partial charge is 0.414 e. The predicted octanol–water partition coefficient (Wildman–Crippen LogP) is 0.695. The number of nitrogens with one attached hydrogen (secondary N) is 1. The van der Waals surface area contributed by atoms with Gasteiger partial charge in [0.2, 0.25) is 5.91 Å². The number of cyclic esters (lactones) is 1. The van der Waals surface area contributed by atoms with Crippen molar-refractivity contribution < 1.29 is 18.7 Å². The number of halogens is 1. The molecule has 0 saturated carbocycles. The minimum Gasteiger partial charge on any atom is -0.442 e. The topological polar surface area (TPSA) is 91.1 Å². The molecule has 1 unspecified atom stereocenters. The van der Waals surface area contributed by atoms with Crippen molar-refractivity contribution in [3.8, 4) is 0 Å². The van der Waals surface area contributed by atoms with Gasteiger partial charge in [0.05, 0.1) is 29.5 Å². The summed E-state index contributed by atoms with van der Waals surface area (Å²) < 4.78 is 20.0. The first-order chi connectivity index (χ1) is 13.4. The highest BCUT2D eigenvalue weighted by Crippen LogP contribution is 2.28. The molecule has 2 saturated heterocycles. The van der Waals surface area contributed by atoms with Gasteiger partial charge in [-0.15, -0.1) is 0 Å². The lowest BCUT2D eigenvalue weighted by molar-refractivity contribution is -0.119. The van der Waals surface area contributed by atoms with Gasteiger partial charge in [0, 0.05) is 39.6 Å². The molecule has 2 amide bonds. The lowest BCUT2D eigenvalue weighted by Gasteiger charge is -2.37. The first-order valence-electron chi connectivity index (χ1n) is 9.14. The van der Waals surface area contributed by atoms with Crippen LogP contribution in [0.3, 0.4) is 0 Å². The Balaban J connectivity index is 1.64. The summed E-state index contributed by atoms with van der Waals surface area (Å²) in [6.45, 7) is 4.89. The van der Waals surface area contributed by atoms with Crippen molar-refractivity contribution in [1.29, 1.82) is 0 Å². The molecule has 8 nitrogen and oxygen atoms in total. The van der Waals surface area contributed by atoms with Crippen molar-refractivity contribution in [3.63, 3.8) is 0 Å². The maximum Gasteiger partial charge on any atom is 0.414 e. The number of anilines is 2. The van der Waals surface area contributed by atoms with Crippen LogP contribution in [0.2, 0.25) is 0 Å². The van der Waals surface area contributed by atoms with E-state index in [1.54, 1.807) is 12.1 Å². The van der Waals surface area contributed by atoms with Crippen LogP contribution in [0.25, 0.3) is 0 Å². The Hall–Kier alpha value is -2.46. The summed E-state index contributed by atoms with van der Waals surface area (Å²) in [7, 11) is 0. The quantitative estimate of drug-likeness (QED) is 0.692. The number of ether oxygens (including phenoxy) is 1. The van der Waals surface area contributed by atoms with E-state index in [0.717, 1.165) is 4.99 Å². The zero-order valence-electron chi connectivity index (χ0n) is 15.7. The van der Waals surface area contributed by atoms with Crippen LogP contribution < -0.4 is 20.9 Å². The van der Waals surface area contributed by atoms with Gasteiger partial charge in [0.15, 0.2) is 0 Å². The number of carbonyl (C=O) groups is 2. The zero-order valence-corrected chi connectivity index (χ0v) is 16.5. The van der Waals surface area contributed by atoms with E-state index in [1.165, 1.54) is 17.9 Å². The summed E-state index contributed by atoms with van der Waals surface area (Å²) in [6, 6.07) is 4.72. The van der Waals surface area contributed by atoms with Gasteiger partial charge in [-0.3, -0.25) is 9.69 Å². The molecule has 0 aromatic heterocycles. The van der Waals surface area contributed by atoms with Crippen molar-refractivity contribution in [3.05, 3.63) is 24.0 Å². The second-order valence-electron chi connectivity index (χ2n) is 6.76. The summed E-state index contributed by atoms with van der Waals surface area (Å²) in [5.41, 5.74) is 6.50. The highest BCUT2D eigenvalue weighted by molar-refractivity contribution is 7.80. The van der Waals surface area contributed by atoms with Gasteiger partial charge < -0.3 is 25.6 Å². The number of benzene rings is 1. The average Bonchev–Trinajstić information content (AvgIpc) is 3.06. The number of carbonyl (C=O) groups excluding carboxylic acids is 2. The van der Waals surface area contributed by atoms with Gasteiger partial charge in [-0.25, -0.2) is 9.18 Å². The minimum absolute atomic E-state index is 0.197. The fourth-order valence-electron chi connectivity index (χ4n) is 3.34. The normalized spacial score (nSPS) is 19.6. The SMILES string of the molecule is CC(=O)NCC1CN(c2ccc(N3CCN(C(=S)CN)CC3)c(F)c2)C(=O)O1. The molecule has 0 spiro atoms. The second-order valence-corrected chi connectivity index (χ2v) is 7.23. The Morgan fingerprint density at radius 1 is 1.36 bits per heavy atom. The van der Waals surface area contributed by atoms with Crippen LogP contribution in [0.4, 0.5) is 20.6 Å². The molecule has 3 N–H and O–H groups in total. The Kier molecular flexibility index (Phi) is 6.30. The number of thiocarbonyl (C=S) groups is 1. The average molecular weight is 409 g/mol. The van der Waals surface area contributed by atoms with Crippen LogP contribution in [0.5, 0.6) is 0 Å². The Morgan fingerprint density at radius 3 is 2.68 bits per heavy atom. The summed E-state index contributed by atoms with van der Waals surface area (Å²) in [6.07, 6.45) is -1.01. The number of nitrogens with two attached hydrogens (primary N) is 1. The van der Waals surface area contributed by atoms with E-state index in [2.05, 4.69) is 5.32 Å². The molecule has 1 aromatic rings. The van der Waals surface area contributed by atoms with Gasteiger partial charge >= 0.3 is 6.09 Å². The number of piperazine rings is 1. The third-order valence-electron chi connectivity index (χ3n) is 4.84. The zero-order chi connectivity index (χ0) is 20.3. The first kappa shape index (κ1) is 20.3. The number of nitrogens with zero attached hydrogens (tertiary/aromatic N) is 3. The van der Waals surface area contributed by atoms with E-state index in [4.69, 9.17) is 22.7 Å². The highest BCUT2D eigenvalue weighted by atomic mass is 32.1. The van der Waals surface area contributed by atoms with Crippen LogP contribution in [0.1, 0.15) is 6.92 Å². The number of amides is 2. The van der Waals surface area contributed by atoms with Gasteiger partial charge in [0.25, 0.3) is 0 Å². The molecule has 0 bridgehead atoms. The van der Waals surface area contributed by atoms with Crippen LogP contribution in [0, 0.1) is 5.82 Å². The fraction of sp³-hybridized carbons (Fsp3) is 0.500. The minimum atomic E-state index is -0.550. The fourth-order valence-corrected chi connectivity index (χ4v) is 3.52. The summed E-state index contributed by atoms with van der Waals surface area (Å²) in [4.78, 5) is 29.2. The maximum atomic E-state index is 14.8. The molecule has 0 radical (unpaired) electrons. The van der Waals surface area contributed by atoms with Gasteiger partial charge in [0.1, 0.15) is 11.9 Å². The summed E-state index contributed by atoms with van der Waals surface area (Å²) >= 11 is 5.22. The third kappa shape index (κ3) is 4.50. The van der Waals surface area contributed by atoms with Crippen molar-refractivity contribution >= 4 is 40.6 Å². The molecule has 1 atom stereocenters. The van der Waals surface area contributed by atoms with Crippen molar-refractivity contribution in [2.75, 3.05) is 55.6 Å². The molecule has 1 aromatic carbocycles. The molecule has 10 heteroatoms. The van der Waals surface area contributed by atoms with E-state index < -0.39 is 18.0 Å². The van der Waals surface area contributed by atoms with Crippen LogP contribution in [-0.4, -0.2) is 73.8 Å². The molecule has 2 aliphatic rings. The molecular weight excluding hydrogens is 385 g/mol. The molecule has 2 fully saturated rings. The van der Waals surface area contributed by atoms with E-state index >= 15 is 0 Å². The number of hydrogen-bond donors (Lipinski definition) is 2. The molecular formula is C18H24FN5O3S. The van der Waals surface area contributed by atoms with Gasteiger partial charge in [-0.05, 0) is 18.2 Å². The molecule has 28 heavy (non-hydrogen) atoms. The predicted molar refractivity (Wildman–Crippen MR) is 108 cm³/mol. The maximum absolute atomic E-state index is 14.8. The molecule has 3 rings (SSSR count). The van der Waals surface area contributed by atoms with E-state index in [-0.39, 0.29) is 19.0 Å². The van der Waals surface area contributed by atoms with Crippen LogP contribution in [0.15, 0.2) is 18.2 Å². The monoisotopic (exact) mass is 409 g/mol. The standard InChI is InChI=1S/C18H24FN5O3S/c1-12(25)21-10-14-11-24(18(26)27-14)13-2-3-16(15(19)8-13)22-4-6-23(7-5-22)17(28)9-20/h2-3,8,14H,4-7,9-11,20H2,1H3,(H,21,25). The largest absolute Gasteiger partial charge is 0.442 e. The van der Waals surface area contributed by atoms with E-state index in [1.807, 2.05) is 9.80 Å². The van der Waals surface area contributed by atoms with Gasteiger partial charge in [-0.1, -0.05) is 12.2 Å². The molecule has 2 aliphatic heterocycles. The number of rotatable bonds is 5. The van der Waals surface area contributed by atoms with Crippen molar-refractivity contribution in [1.82, 2.24) is 10.2 Å². The molecule has 0 aliphatic carbocycles. The Bertz CT molecular complexity index is 770.